The molecule has 0 aliphatic carbocycles. The van der Waals surface area contributed by atoms with Crippen LogP contribution in [0.4, 0.5) is 5.95 Å². The Morgan fingerprint density at radius 2 is 1.92 bits per heavy atom. The second-order valence-electron chi connectivity index (χ2n) is 6.74. The maximum Gasteiger partial charge on any atom is 0.272 e. The van der Waals surface area contributed by atoms with Crippen LogP contribution in [0.15, 0.2) is 36.8 Å². The summed E-state index contributed by atoms with van der Waals surface area (Å²) in [7, 11) is 1.95. The Kier molecular flexibility index (Phi) is 5.58. The molecule has 1 saturated heterocycles. The van der Waals surface area contributed by atoms with Gasteiger partial charge in [-0.3, -0.25) is 9.78 Å². The van der Waals surface area contributed by atoms with Crippen LogP contribution in [0.2, 0.25) is 0 Å². The van der Waals surface area contributed by atoms with E-state index >= 15 is 0 Å². The molecule has 2 aromatic rings. The minimum absolute atomic E-state index is 0.0121. The Morgan fingerprint density at radius 3 is 2.64 bits per heavy atom. The zero-order valence-corrected chi connectivity index (χ0v) is 14.9. The van der Waals surface area contributed by atoms with Gasteiger partial charge in [0.05, 0.1) is 0 Å². The Morgan fingerprint density at radius 1 is 1.20 bits per heavy atom. The molecule has 1 amide bonds. The quantitative estimate of drug-likeness (QED) is 0.837. The molecule has 0 aromatic carbocycles. The summed E-state index contributed by atoms with van der Waals surface area (Å²) < 4.78 is 0. The summed E-state index contributed by atoms with van der Waals surface area (Å²) in [6.07, 6.45) is 8.27. The second kappa shape index (κ2) is 8.05. The molecule has 0 unspecified atom stereocenters. The average Bonchev–Trinajstić information content (AvgIpc) is 2.67. The van der Waals surface area contributed by atoms with Crippen molar-refractivity contribution in [2.75, 3.05) is 31.6 Å². The number of anilines is 1. The van der Waals surface area contributed by atoms with Gasteiger partial charge in [0, 0.05) is 45.3 Å². The Bertz CT molecular complexity index is 698. The van der Waals surface area contributed by atoms with E-state index in [1.807, 2.05) is 29.0 Å². The predicted molar refractivity (Wildman–Crippen MR) is 97.5 cm³/mol. The maximum absolute atomic E-state index is 12.7. The number of pyridine rings is 1. The average molecular weight is 339 g/mol. The van der Waals surface area contributed by atoms with Crippen LogP contribution < -0.4 is 4.90 Å². The lowest BCUT2D eigenvalue weighted by Crippen LogP contribution is -2.38. The van der Waals surface area contributed by atoms with Gasteiger partial charge in [-0.2, -0.15) is 0 Å². The molecule has 0 N–H and O–H groups in total. The van der Waals surface area contributed by atoms with E-state index in [1.54, 1.807) is 24.7 Å². The third kappa shape index (κ3) is 4.53. The van der Waals surface area contributed by atoms with Crippen molar-refractivity contribution in [3.63, 3.8) is 0 Å². The van der Waals surface area contributed by atoms with Crippen LogP contribution in [0, 0.1) is 5.92 Å². The number of carbonyl (C=O) groups excluding carboxylic acids is 1. The smallest absolute Gasteiger partial charge is 0.272 e. The van der Waals surface area contributed by atoms with Gasteiger partial charge in [0.2, 0.25) is 5.95 Å². The number of hydrogen-bond donors (Lipinski definition) is 0. The van der Waals surface area contributed by atoms with Gasteiger partial charge < -0.3 is 9.80 Å². The van der Waals surface area contributed by atoms with Crippen molar-refractivity contribution in [3.8, 4) is 0 Å². The summed E-state index contributed by atoms with van der Waals surface area (Å²) in [5.74, 6) is 1.30. The van der Waals surface area contributed by atoms with Crippen LogP contribution in [0.5, 0.6) is 0 Å². The number of carbonyl (C=O) groups is 1. The van der Waals surface area contributed by atoms with E-state index < -0.39 is 0 Å². The molecule has 6 heteroatoms. The van der Waals surface area contributed by atoms with Gasteiger partial charge in [-0.05, 0) is 48.9 Å². The topological polar surface area (TPSA) is 62.2 Å². The zero-order chi connectivity index (χ0) is 17.6. The summed E-state index contributed by atoms with van der Waals surface area (Å²) in [5, 5.41) is 0. The van der Waals surface area contributed by atoms with E-state index in [2.05, 4.69) is 21.9 Å². The SMILES string of the molecule is CC1CCN(C(=O)c2ccnc(N(C)CCc3ccncc3)n2)CC1. The van der Waals surface area contributed by atoms with Crippen molar-refractivity contribution in [2.45, 2.75) is 26.2 Å². The molecule has 0 spiro atoms. The molecule has 3 rings (SSSR count). The number of piperidine rings is 1. The van der Waals surface area contributed by atoms with Crippen LogP contribution >= 0.6 is 0 Å². The third-order valence-electron chi connectivity index (χ3n) is 4.76. The normalized spacial score (nSPS) is 15.2. The first-order valence-corrected chi connectivity index (χ1v) is 8.86. The van der Waals surface area contributed by atoms with E-state index in [4.69, 9.17) is 0 Å². The number of hydrogen-bond acceptors (Lipinski definition) is 5. The number of likely N-dealkylation sites (N-methyl/N-ethyl adjacent to an activating group) is 1. The van der Waals surface area contributed by atoms with Gasteiger partial charge in [-0.25, -0.2) is 9.97 Å². The monoisotopic (exact) mass is 339 g/mol. The summed E-state index contributed by atoms with van der Waals surface area (Å²) in [5.41, 5.74) is 1.70. The summed E-state index contributed by atoms with van der Waals surface area (Å²) in [6.45, 7) is 4.65. The highest BCUT2D eigenvalue weighted by molar-refractivity contribution is 5.92. The van der Waals surface area contributed by atoms with Gasteiger partial charge in [-0.15, -0.1) is 0 Å². The molecule has 3 heterocycles. The second-order valence-corrected chi connectivity index (χ2v) is 6.74. The molecule has 0 saturated carbocycles. The molecule has 0 bridgehead atoms. The number of aromatic nitrogens is 3. The summed E-state index contributed by atoms with van der Waals surface area (Å²) >= 11 is 0. The molecule has 0 radical (unpaired) electrons. The molecular weight excluding hydrogens is 314 g/mol. The molecule has 6 nitrogen and oxygen atoms in total. The van der Waals surface area contributed by atoms with E-state index in [9.17, 15) is 4.79 Å². The highest BCUT2D eigenvalue weighted by Gasteiger charge is 2.22. The molecule has 2 aromatic heterocycles. The van der Waals surface area contributed by atoms with Crippen molar-refractivity contribution in [1.82, 2.24) is 19.9 Å². The Labute approximate surface area is 148 Å². The van der Waals surface area contributed by atoms with Crippen molar-refractivity contribution >= 4 is 11.9 Å². The molecular formula is C19H25N5O. The van der Waals surface area contributed by atoms with E-state index in [-0.39, 0.29) is 5.91 Å². The number of amides is 1. The van der Waals surface area contributed by atoms with E-state index in [1.165, 1.54) is 5.56 Å². The number of nitrogens with zero attached hydrogens (tertiary/aromatic N) is 5. The van der Waals surface area contributed by atoms with Gasteiger partial charge >= 0.3 is 0 Å². The van der Waals surface area contributed by atoms with Crippen LogP contribution in [0.3, 0.4) is 0 Å². The van der Waals surface area contributed by atoms with Gasteiger partial charge in [-0.1, -0.05) is 6.92 Å². The lowest BCUT2D eigenvalue weighted by atomic mass is 9.99. The fourth-order valence-electron chi connectivity index (χ4n) is 2.97. The number of rotatable bonds is 5. The van der Waals surface area contributed by atoms with Gasteiger partial charge in [0.1, 0.15) is 5.69 Å². The van der Waals surface area contributed by atoms with Crippen molar-refractivity contribution in [1.29, 1.82) is 0 Å². The Hall–Kier alpha value is -2.50. The molecule has 0 atom stereocenters. The minimum Gasteiger partial charge on any atom is -0.344 e. The highest BCUT2D eigenvalue weighted by Crippen LogP contribution is 2.18. The molecule has 1 aliphatic rings. The summed E-state index contributed by atoms with van der Waals surface area (Å²) in [4.78, 5) is 29.4. The standard InChI is InChI=1S/C19H25N5O/c1-15-6-13-24(14-7-15)18(25)17-5-11-21-19(22-17)23(2)12-8-16-3-9-20-10-4-16/h3-5,9-11,15H,6-8,12-14H2,1-2H3. The minimum atomic E-state index is 0.0121. The van der Waals surface area contributed by atoms with Crippen LogP contribution in [0.1, 0.15) is 35.8 Å². The lowest BCUT2D eigenvalue weighted by molar-refractivity contribution is 0.0691. The van der Waals surface area contributed by atoms with Crippen molar-refractivity contribution in [2.24, 2.45) is 5.92 Å². The first-order chi connectivity index (χ1) is 12.1. The van der Waals surface area contributed by atoms with E-state index in [0.29, 0.717) is 17.6 Å². The zero-order valence-electron chi connectivity index (χ0n) is 14.9. The third-order valence-corrected chi connectivity index (χ3v) is 4.76. The van der Waals surface area contributed by atoms with Crippen molar-refractivity contribution < 1.29 is 4.79 Å². The molecule has 1 fully saturated rings. The molecule has 132 valence electrons. The maximum atomic E-state index is 12.7. The highest BCUT2D eigenvalue weighted by atomic mass is 16.2. The van der Waals surface area contributed by atoms with Crippen molar-refractivity contribution in [3.05, 3.63) is 48.0 Å². The first-order valence-electron chi connectivity index (χ1n) is 8.86. The Balaban J connectivity index is 1.63. The van der Waals surface area contributed by atoms with Gasteiger partial charge in [0.25, 0.3) is 5.91 Å². The largest absolute Gasteiger partial charge is 0.344 e. The van der Waals surface area contributed by atoms with Crippen LogP contribution in [0.25, 0.3) is 0 Å². The number of likely N-dealkylation sites (tertiary alicyclic amines) is 1. The van der Waals surface area contributed by atoms with E-state index in [0.717, 1.165) is 38.9 Å². The predicted octanol–water partition coefficient (Wildman–Crippen LogP) is 2.42. The van der Waals surface area contributed by atoms with Crippen LogP contribution in [-0.2, 0) is 6.42 Å². The fraction of sp³-hybridized carbons (Fsp3) is 0.474. The molecule has 1 aliphatic heterocycles. The molecule has 25 heavy (non-hydrogen) atoms. The fourth-order valence-corrected chi connectivity index (χ4v) is 2.97. The lowest BCUT2D eigenvalue weighted by Gasteiger charge is -2.30. The van der Waals surface area contributed by atoms with Gasteiger partial charge in [0.15, 0.2) is 0 Å². The first kappa shape index (κ1) is 17.3. The van der Waals surface area contributed by atoms with Crippen LogP contribution in [-0.4, -0.2) is 52.4 Å². The summed E-state index contributed by atoms with van der Waals surface area (Å²) in [6, 6.07) is 5.72.